The van der Waals surface area contributed by atoms with Gasteiger partial charge in [0.15, 0.2) is 0 Å². The Morgan fingerprint density at radius 2 is 2.28 bits per heavy atom. The smallest absolute Gasteiger partial charge is 0.259 e. The number of fused-ring (bicyclic) bond motifs is 1. The summed E-state index contributed by atoms with van der Waals surface area (Å²) in [5.74, 6) is 0.200. The number of rotatable bonds is 2. The fraction of sp³-hybridized carbons (Fsp3) is 0.100. The maximum absolute atomic E-state index is 12.0. The molecule has 0 atom stereocenters. The molecule has 0 aliphatic carbocycles. The summed E-state index contributed by atoms with van der Waals surface area (Å²) in [5.41, 5.74) is 1.71. The van der Waals surface area contributed by atoms with Crippen LogP contribution in [0.2, 0.25) is 0 Å². The maximum atomic E-state index is 12.0. The summed E-state index contributed by atoms with van der Waals surface area (Å²) >= 11 is 0. The van der Waals surface area contributed by atoms with Crippen molar-refractivity contribution >= 4 is 17.4 Å². The summed E-state index contributed by atoms with van der Waals surface area (Å²) in [4.78, 5) is 20.1. The molecule has 3 aromatic rings. The number of amides is 1. The Morgan fingerprint density at radius 1 is 1.39 bits per heavy atom. The molecule has 18 heavy (non-hydrogen) atoms. The predicted molar refractivity (Wildman–Crippen MR) is 62.1 cm³/mol. The largest absolute Gasteiger partial charge is 0.319 e. The highest BCUT2D eigenvalue weighted by molar-refractivity contribution is 6.04. The Bertz CT molecular complexity index is 700. The van der Waals surface area contributed by atoms with Crippen LogP contribution >= 0.6 is 0 Å². The van der Waals surface area contributed by atoms with Crippen molar-refractivity contribution in [1.82, 2.24) is 29.8 Å². The van der Waals surface area contributed by atoms with E-state index in [1.165, 1.54) is 23.2 Å². The van der Waals surface area contributed by atoms with Crippen LogP contribution in [0.15, 0.2) is 24.9 Å². The predicted octanol–water partition coefficient (Wildman–Crippen LogP) is 0.408. The van der Waals surface area contributed by atoms with Crippen LogP contribution in [0.25, 0.3) is 5.78 Å². The number of hydrogen-bond donors (Lipinski definition) is 2. The van der Waals surface area contributed by atoms with Crippen molar-refractivity contribution in [3.63, 3.8) is 0 Å². The Balaban J connectivity index is 1.98. The molecule has 0 unspecified atom stereocenters. The Labute approximate surface area is 101 Å². The first-order valence-corrected chi connectivity index (χ1v) is 5.21. The second-order valence-corrected chi connectivity index (χ2v) is 3.67. The molecule has 0 aromatic carbocycles. The zero-order valence-corrected chi connectivity index (χ0v) is 9.45. The zero-order chi connectivity index (χ0) is 12.5. The minimum Gasteiger partial charge on any atom is -0.319 e. The molecule has 90 valence electrons. The van der Waals surface area contributed by atoms with Crippen LogP contribution in [-0.2, 0) is 0 Å². The van der Waals surface area contributed by atoms with Gasteiger partial charge in [-0.15, -0.1) is 0 Å². The fourth-order valence-corrected chi connectivity index (χ4v) is 1.63. The average Bonchev–Trinajstić information content (AvgIpc) is 2.99. The molecule has 1 amide bonds. The van der Waals surface area contributed by atoms with Gasteiger partial charge < -0.3 is 5.32 Å². The van der Waals surface area contributed by atoms with Crippen molar-refractivity contribution in [2.45, 2.75) is 6.92 Å². The van der Waals surface area contributed by atoms with Crippen molar-refractivity contribution in [2.24, 2.45) is 0 Å². The molecule has 0 spiro atoms. The number of H-pyrrole nitrogens is 1. The van der Waals surface area contributed by atoms with Crippen molar-refractivity contribution in [3.8, 4) is 0 Å². The van der Waals surface area contributed by atoms with Gasteiger partial charge in [0, 0.05) is 12.4 Å². The third-order valence-electron chi connectivity index (χ3n) is 2.55. The molecule has 8 heteroatoms. The first-order chi connectivity index (χ1) is 8.75. The minimum atomic E-state index is -0.265. The number of anilines is 1. The Hall–Kier alpha value is -2.77. The van der Waals surface area contributed by atoms with E-state index in [9.17, 15) is 4.79 Å². The molecule has 2 N–H and O–H groups in total. The SMILES string of the molecule is Cc1c(C(=O)Nc2cn[nH]c2)cnc2ncnn12. The third-order valence-corrected chi connectivity index (χ3v) is 2.55. The maximum Gasteiger partial charge on any atom is 0.259 e. The quantitative estimate of drug-likeness (QED) is 0.678. The van der Waals surface area contributed by atoms with E-state index in [0.717, 1.165) is 0 Å². The molecule has 3 aromatic heterocycles. The fourth-order valence-electron chi connectivity index (χ4n) is 1.63. The summed E-state index contributed by atoms with van der Waals surface area (Å²) < 4.78 is 1.52. The number of aryl methyl sites for hydroxylation is 1. The number of carbonyl (C=O) groups excluding carboxylic acids is 1. The van der Waals surface area contributed by atoms with Crippen LogP contribution in [0.3, 0.4) is 0 Å². The first kappa shape index (κ1) is 10.4. The van der Waals surface area contributed by atoms with Crippen LogP contribution in [0.5, 0.6) is 0 Å². The molecule has 0 radical (unpaired) electrons. The second-order valence-electron chi connectivity index (χ2n) is 3.67. The van der Waals surface area contributed by atoms with E-state index in [4.69, 9.17) is 0 Å². The van der Waals surface area contributed by atoms with E-state index in [2.05, 4.69) is 30.6 Å². The number of aromatic nitrogens is 6. The highest BCUT2D eigenvalue weighted by Gasteiger charge is 2.13. The number of nitrogens with zero attached hydrogens (tertiary/aromatic N) is 5. The van der Waals surface area contributed by atoms with E-state index in [-0.39, 0.29) is 5.91 Å². The molecule has 0 bridgehead atoms. The molecule has 0 aliphatic heterocycles. The highest BCUT2D eigenvalue weighted by Crippen LogP contribution is 2.10. The van der Waals surface area contributed by atoms with E-state index < -0.39 is 0 Å². The van der Waals surface area contributed by atoms with Gasteiger partial charge in [-0.05, 0) is 6.92 Å². The lowest BCUT2D eigenvalue weighted by atomic mass is 10.2. The number of carbonyl (C=O) groups is 1. The van der Waals surface area contributed by atoms with Crippen LogP contribution in [0.1, 0.15) is 16.1 Å². The van der Waals surface area contributed by atoms with Crippen LogP contribution < -0.4 is 5.32 Å². The number of nitrogens with one attached hydrogen (secondary N) is 2. The Kier molecular flexibility index (Phi) is 2.26. The summed E-state index contributed by atoms with van der Waals surface area (Å²) in [5, 5.41) is 13.1. The average molecular weight is 243 g/mol. The van der Waals surface area contributed by atoms with Gasteiger partial charge in [-0.1, -0.05) is 0 Å². The van der Waals surface area contributed by atoms with Gasteiger partial charge in [0.25, 0.3) is 11.7 Å². The van der Waals surface area contributed by atoms with Crippen LogP contribution in [-0.4, -0.2) is 35.7 Å². The molecule has 0 aliphatic rings. The van der Waals surface area contributed by atoms with Crippen molar-refractivity contribution in [3.05, 3.63) is 36.2 Å². The van der Waals surface area contributed by atoms with Gasteiger partial charge >= 0.3 is 0 Å². The third kappa shape index (κ3) is 1.59. The van der Waals surface area contributed by atoms with E-state index >= 15 is 0 Å². The summed E-state index contributed by atoms with van der Waals surface area (Å²) in [6.45, 7) is 1.79. The molecule has 3 heterocycles. The van der Waals surface area contributed by atoms with Crippen LogP contribution in [0.4, 0.5) is 5.69 Å². The molecule has 8 nitrogen and oxygen atoms in total. The zero-order valence-electron chi connectivity index (χ0n) is 9.45. The van der Waals surface area contributed by atoms with Crippen molar-refractivity contribution in [1.29, 1.82) is 0 Å². The number of hydrogen-bond acceptors (Lipinski definition) is 5. The van der Waals surface area contributed by atoms with Crippen LogP contribution in [0, 0.1) is 6.92 Å². The normalized spacial score (nSPS) is 10.7. The van der Waals surface area contributed by atoms with Crippen molar-refractivity contribution in [2.75, 3.05) is 5.32 Å². The monoisotopic (exact) mass is 243 g/mol. The number of aromatic amines is 1. The lowest BCUT2D eigenvalue weighted by Crippen LogP contribution is -2.15. The van der Waals surface area contributed by atoms with Gasteiger partial charge in [0.2, 0.25) is 0 Å². The van der Waals surface area contributed by atoms with Gasteiger partial charge in [-0.2, -0.15) is 15.2 Å². The standard InChI is InChI=1S/C10H9N7O/c1-6-8(4-11-10-12-5-15-17(6)10)9(18)16-7-2-13-14-3-7/h2-5H,1H3,(H,13,14)(H,16,18). The highest BCUT2D eigenvalue weighted by atomic mass is 16.1. The topological polar surface area (TPSA) is 101 Å². The lowest BCUT2D eigenvalue weighted by molar-refractivity contribution is 0.102. The van der Waals surface area contributed by atoms with Crippen molar-refractivity contribution < 1.29 is 4.79 Å². The second kappa shape index (κ2) is 3.91. The summed E-state index contributed by atoms with van der Waals surface area (Å²) in [6.07, 6.45) is 5.99. The molecule has 0 saturated heterocycles. The van der Waals surface area contributed by atoms with Gasteiger partial charge in [0.1, 0.15) is 6.33 Å². The van der Waals surface area contributed by atoms with E-state index in [1.54, 1.807) is 13.1 Å². The first-order valence-electron chi connectivity index (χ1n) is 5.21. The molecular weight excluding hydrogens is 234 g/mol. The summed E-state index contributed by atoms with van der Waals surface area (Å²) in [7, 11) is 0. The summed E-state index contributed by atoms with van der Waals surface area (Å²) in [6, 6.07) is 0. The van der Waals surface area contributed by atoms with Gasteiger partial charge in [0.05, 0.1) is 23.1 Å². The molecule has 0 saturated carbocycles. The Morgan fingerprint density at radius 3 is 3.06 bits per heavy atom. The van der Waals surface area contributed by atoms with E-state index in [1.807, 2.05) is 0 Å². The molecular formula is C10H9N7O. The lowest BCUT2D eigenvalue weighted by Gasteiger charge is -2.06. The van der Waals surface area contributed by atoms with Gasteiger partial charge in [-0.25, -0.2) is 9.50 Å². The molecule has 0 fully saturated rings. The minimum absolute atomic E-state index is 0.265. The van der Waals surface area contributed by atoms with Gasteiger partial charge in [-0.3, -0.25) is 9.89 Å². The van der Waals surface area contributed by atoms with E-state index in [0.29, 0.717) is 22.7 Å². The molecule has 3 rings (SSSR count).